The zero-order chi connectivity index (χ0) is 16.4. The van der Waals surface area contributed by atoms with Crippen molar-refractivity contribution < 1.29 is 34.8 Å². The van der Waals surface area contributed by atoms with Crippen LogP contribution in [0.1, 0.15) is 24.5 Å². The molecule has 0 aliphatic carbocycles. The lowest BCUT2D eigenvalue weighted by Gasteiger charge is -2.03. The smallest absolute Gasteiger partial charge is 0.337 e. The molecular formula is C13H17NO7. The normalized spacial score (nSPS) is 12.5. The Balaban J connectivity index is 0.000000384. The van der Waals surface area contributed by atoms with Crippen molar-refractivity contribution in [1.29, 1.82) is 0 Å². The summed E-state index contributed by atoms with van der Waals surface area (Å²) >= 11 is 0. The lowest BCUT2D eigenvalue weighted by atomic mass is 10.1. The van der Waals surface area contributed by atoms with Crippen LogP contribution in [0.2, 0.25) is 0 Å². The van der Waals surface area contributed by atoms with Gasteiger partial charge < -0.3 is 26.2 Å². The van der Waals surface area contributed by atoms with Crippen molar-refractivity contribution in [2.24, 2.45) is 5.73 Å². The number of hydrogen-bond donors (Lipinski definition) is 5. The molecule has 116 valence electrons. The lowest BCUT2D eigenvalue weighted by molar-refractivity contribution is -0.147. The summed E-state index contributed by atoms with van der Waals surface area (Å²) in [6.45, 7) is 0. The Morgan fingerprint density at radius 1 is 1.00 bits per heavy atom. The standard InChI is InChI=1S/C8H8O3.C5H9NO4/c9-7(8(10)11)6-4-2-1-3-5-6;6-3(5(9)10)1-2-4(7)8/h1-5,7,9H,(H,10,11);3H,1-2,6H2,(H,7,8)(H,9,10). The van der Waals surface area contributed by atoms with Gasteiger partial charge in [0.1, 0.15) is 6.04 Å². The Labute approximate surface area is 120 Å². The Hall–Kier alpha value is -2.45. The second kappa shape index (κ2) is 9.45. The van der Waals surface area contributed by atoms with Crippen LogP contribution < -0.4 is 5.73 Å². The molecule has 6 N–H and O–H groups in total. The summed E-state index contributed by atoms with van der Waals surface area (Å²) in [5.41, 5.74) is 5.40. The number of carboxylic acid groups (broad SMARTS) is 3. The first-order valence-electron chi connectivity index (χ1n) is 5.91. The molecule has 1 rings (SSSR count). The van der Waals surface area contributed by atoms with E-state index in [1.54, 1.807) is 30.3 Å². The van der Waals surface area contributed by atoms with Crippen molar-refractivity contribution in [1.82, 2.24) is 0 Å². The number of carboxylic acids is 3. The van der Waals surface area contributed by atoms with E-state index in [4.69, 9.17) is 26.2 Å². The zero-order valence-electron chi connectivity index (χ0n) is 11.0. The Bertz CT molecular complexity index is 475. The number of aliphatic hydroxyl groups is 1. The van der Waals surface area contributed by atoms with Gasteiger partial charge in [-0.05, 0) is 12.0 Å². The van der Waals surface area contributed by atoms with Crippen molar-refractivity contribution in [3.8, 4) is 0 Å². The van der Waals surface area contributed by atoms with Crippen molar-refractivity contribution in [2.75, 3.05) is 0 Å². The van der Waals surface area contributed by atoms with Crippen LogP contribution >= 0.6 is 0 Å². The van der Waals surface area contributed by atoms with E-state index in [1.807, 2.05) is 0 Å². The molecule has 0 aliphatic heterocycles. The number of rotatable bonds is 6. The summed E-state index contributed by atoms with van der Waals surface area (Å²) in [7, 11) is 0. The Kier molecular flexibility index (Phi) is 8.35. The minimum Gasteiger partial charge on any atom is -0.481 e. The molecule has 0 aromatic heterocycles. The first kappa shape index (κ1) is 18.6. The molecule has 2 atom stereocenters. The van der Waals surface area contributed by atoms with Gasteiger partial charge in [-0.25, -0.2) is 4.79 Å². The molecule has 0 bridgehead atoms. The summed E-state index contributed by atoms with van der Waals surface area (Å²) in [5, 5.41) is 33.7. The highest BCUT2D eigenvalue weighted by molar-refractivity contribution is 5.74. The van der Waals surface area contributed by atoms with Gasteiger partial charge in [0.2, 0.25) is 0 Å². The molecule has 0 spiro atoms. The minimum atomic E-state index is -1.41. The number of aliphatic carboxylic acids is 3. The predicted octanol–water partition coefficient (Wildman–Crippen LogP) is 0.0677. The van der Waals surface area contributed by atoms with E-state index in [0.717, 1.165) is 0 Å². The highest BCUT2D eigenvalue weighted by Crippen LogP contribution is 2.10. The molecule has 0 heterocycles. The summed E-state index contributed by atoms with van der Waals surface area (Å²) in [6.07, 6.45) is -1.63. The summed E-state index contributed by atoms with van der Waals surface area (Å²) in [4.78, 5) is 30.1. The van der Waals surface area contributed by atoms with Gasteiger partial charge >= 0.3 is 17.9 Å². The number of carbonyl (C=O) groups is 3. The topological polar surface area (TPSA) is 158 Å². The first-order chi connectivity index (χ1) is 9.75. The van der Waals surface area contributed by atoms with Crippen molar-refractivity contribution >= 4 is 17.9 Å². The largest absolute Gasteiger partial charge is 0.481 e. The molecule has 0 saturated carbocycles. The van der Waals surface area contributed by atoms with Crippen LogP contribution in [0.4, 0.5) is 0 Å². The molecule has 21 heavy (non-hydrogen) atoms. The van der Waals surface area contributed by atoms with Gasteiger partial charge in [0.15, 0.2) is 6.10 Å². The highest BCUT2D eigenvalue weighted by Gasteiger charge is 2.14. The Morgan fingerprint density at radius 2 is 1.52 bits per heavy atom. The fraction of sp³-hybridized carbons (Fsp3) is 0.308. The lowest BCUT2D eigenvalue weighted by Crippen LogP contribution is -2.30. The number of hydrogen-bond acceptors (Lipinski definition) is 5. The summed E-state index contributed by atoms with van der Waals surface area (Å²) in [5.74, 6) is -3.42. The molecular weight excluding hydrogens is 282 g/mol. The van der Waals surface area contributed by atoms with Gasteiger partial charge in [0.25, 0.3) is 0 Å². The van der Waals surface area contributed by atoms with Gasteiger partial charge in [0, 0.05) is 6.42 Å². The SMILES string of the molecule is NC(CCC(=O)O)C(=O)O.O=C(O)C(O)c1ccccc1. The molecule has 0 saturated heterocycles. The van der Waals surface area contributed by atoms with Crippen molar-refractivity contribution in [3.63, 3.8) is 0 Å². The quantitative estimate of drug-likeness (QED) is 0.493. The molecule has 0 amide bonds. The average Bonchev–Trinajstić information content (AvgIpc) is 2.45. The summed E-state index contributed by atoms with van der Waals surface area (Å²) in [6, 6.07) is 7.20. The van der Waals surface area contributed by atoms with Crippen LogP contribution in [0.15, 0.2) is 30.3 Å². The second-order valence-corrected chi connectivity index (χ2v) is 4.03. The zero-order valence-corrected chi connectivity index (χ0v) is 11.0. The van der Waals surface area contributed by atoms with Crippen LogP contribution in [0.25, 0.3) is 0 Å². The van der Waals surface area contributed by atoms with Crippen LogP contribution in [0.3, 0.4) is 0 Å². The Morgan fingerprint density at radius 3 is 1.90 bits per heavy atom. The third-order valence-electron chi connectivity index (χ3n) is 2.34. The van der Waals surface area contributed by atoms with Crippen molar-refractivity contribution in [2.45, 2.75) is 25.0 Å². The molecule has 8 nitrogen and oxygen atoms in total. The number of benzene rings is 1. The van der Waals surface area contributed by atoms with Crippen LogP contribution in [0.5, 0.6) is 0 Å². The highest BCUT2D eigenvalue weighted by atomic mass is 16.4. The van der Waals surface area contributed by atoms with E-state index < -0.39 is 30.1 Å². The van der Waals surface area contributed by atoms with Gasteiger partial charge in [-0.3, -0.25) is 9.59 Å². The van der Waals surface area contributed by atoms with E-state index in [0.29, 0.717) is 5.56 Å². The maximum Gasteiger partial charge on any atom is 0.337 e. The molecule has 0 aliphatic rings. The predicted molar refractivity (Wildman–Crippen MR) is 71.5 cm³/mol. The molecule has 1 aromatic carbocycles. The number of aliphatic hydroxyl groups excluding tert-OH is 1. The monoisotopic (exact) mass is 299 g/mol. The molecule has 2 unspecified atom stereocenters. The van der Waals surface area contributed by atoms with Crippen LogP contribution in [0, 0.1) is 0 Å². The number of nitrogens with two attached hydrogens (primary N) is 1. The van der Waals surface area contributed by atoms with Gasteiger partial charge in [0.05, 0.1) is 0 Å². The van der Waals surface area contributed by atoms with Crippen molar-refractivity contribution in [3.05, 3.63) is 35.9 Å². The van der Waals surface area contributed by atoms with E-state index in [-0.39, 0.29) is 12.8 Å². The minimum absolute atomic E-state index is 0.0231. The molecule has 0 fully saturated rings. The average molecular weight is 299 g/mol. The maximum atomic E-state index is 10.2. The first-order valence-corrected chi connectivity index (χ1v) is 5.91. The van der Waals surface area contributed by atoms with E-state index in [9.17, 15) is 14.4 Å². The molecule has 0 radical (unpaired) electrons. The van der Waals surface area contributed by atoms with Crippen LogP contribution in [-0.4, -0.2) is 44.4 Å². The maximum absolute atomic E-state index is 10.2. The third kappa shape index (κ3) is 8.35. The van der Waals surface area contributed by atoms with Crippen LogP contribution in [-0.2, 0) is 14.4 Å². The van der Waals surface area contributed by atoms with Gasteiger partial charge in [-0.2, -0.15) is 0 Å². The van der Waals surface area contributed by atoms with Gasteiger partial charge in [-0.15, -0.1) is 0 Å². The fourth-order valence-corrected chi connectivity index (χ4v) is 1.18. The fourth-order valence-electron chi connectivity index (χ4n) is 1.18. The van der Waals surface area contributed by atoms with E-state index in [1.165, 1.54) is 0 Å². The van der Waals surface area contributed by atoms with E-state index in [2.05, 4.69) is 0 Å². The molecule has 8 heteroatoms. The third-order valence-corrected chi connectivity index (χ3v) is 2.34. The van der Waals surface area contributed by atoms with E-state index >= 15 is 0 Å². The second-order valence-electron chi connectivity index (χ2n) is 4.03. The molecule has 1 aromatic rings. The van der Waals surface area contributed by atoms with Gasteiger partial charge in [-0.1, -0.05) is 30.3 Å². The summed E-state index contributed by atoms with van der Waals surface area (Å²) < 4.78 is 0.